The summed E-state index contributed by atoms with van der Waals surface area (Å²) < 4.78 is 0.538. The Morgan fingerprint density at radius 1 is 1.23 bits per heavy atom. The molecule has 1 aromatic rings. The number of likely N-dealkylation sites (tertiary alicyclic amines) is 1. The number of hydrogen-bond donors (Lipinski definition) is 1. The van der Waals surface area contributed by atoms with Gasteiger partial charge in [-0.15, -0.1) is 23.5 Å². The highest BCUT2D eigenvalue weighted by Crippen LogP contribution is 2.45. The van der Waals surface area contributed by atoms with Crippen molar-refractivity contribution in [3.8, 4) is 0 Å². The number of hydrogen-bond acceptors (Lipinski definition) is 4. The zero-order chi connectivity index (χ0) is 15.7. The van der Waals surface area contributed by atoms with Gasteiger partial charge in [0.25, 0.3) is 5.91 Å². The van der Waals surface area contributed by atoms with Crippen molar-refractivity contribution in [3.63, 3.8) is 0 Å². The Hall–Kier alpha value is -0.650. The highest BCUT2D eigenvalue weighted by atomic mass is 32.2. The first-order chi connectivity index (χ1) is 10.5. The molecule has 2 heterocycles. The molecule has 3 nitrogen and oxygen atoms in total. The Labute approximate surface area is 141 Å². The number of piperidine rings is 1. The molecule has 5 heteroatoms. The largest absolute Gasteiger partial charge is 0.338 e. The van der Waals surface area contributed by atoms with E-state index in [1.54, 1.807) is 0 Å². The fourth-order valence-electron chi connectivity index (χ4n) is 3.06. The number of thioether (sulfide) groups is 2. The topological polar surface area (TPSA) is 46.3 Å². The summed E-state index contributed by atoms with van der Waals surface area (Å²) in [5.74, 6) is 2.58. The first kappa shape index (κ1) is 16.2. The number of benzene rings is 1. The van der Waals surface area contributed by atoms with Crippen molar-refractivity contribution in [2.75, 3.05) is 24.6 Å². The van der Waals surface area contributed by atoms with Crippen LogP contribution in [0, 0.1) is 5.41 Å². The van der Waals surface area contributed by atoms with E-state index < -0.39 is 0 Å². The Bertz CT molecular complexity index is 538. The van der Waals surface area contributed by atoms with Crippen LogP contribution >= 0.6 is 23.5 Å². The van der Waals surface area contributed by atoms with Crippen molar-refractivity contribution in [1.82, 2.24) is 4.90 Å². The molecule has 0 bridgehead atoms. The van der Waals surface area contributed by atoms with Gasteiger partial charge in [-0.25, -0.2) is 0 Å². The van der Waals surface area contributed by atoms with E-state index in [1.807, 2.05) is 40.6 Å². The molecular weight excluding hydrogens is 312 g/mol. The number of carbonyl (C=O) groups excluding carboxylic acids is 1. The average Bonchev–Trinajstić information content (AvgIpc) is 3.04. The molecule has 2 saturated heterocycles. The van der Waals surface area contributed by atoms with Gasteiger partial charge in [0.2, 0.25) is 0 Å². The smallest absolute Gasteiger partial charge is 0.253 e. The molecule has 2 aliphatic heterocycles. The molecule has 0 radical (unpaired) electrons. The van der Waals surface area contributed by atoms with Crippen molar-refractivity contribution in [1.29, 1.82) is 0 Å². The van der Waals surface area contributed by atoms with Crippen LogP contribution in [0.15, 0.2) is 24.3 Å². The number of carbonyl (C=O) groups is 1. The van der Waals surface area contributed by atoms with Gasteiger partial charge in [0, 0.05) is 36.2 Å². The third-order valence-corrected chi connectivity index (χ3v) is 7.76. The summed E-state index contributed by atoms with van der Waals surface area (Å²) in [4.78, 5) is 14.7. The van der Waals surface area contributed by atoms with E-state index in [1.165, 1.54) is 17.1 Å². The van der Waals surface area contributed by atoms with E-state index in [0.29, 0.717) is 4.58 Å². The molecular formula is C17H24N2OS2. The highest BCUT2D eigenvalue weighted by molar-refractivity contribution is 8.19. The minimum Gasteiger partial charge on any atom is -0.338 e. The second-order valence-corrected chi connectivity index (χ2v) is 9.53. The number of nitrogens with zero attached hydrogens (tertiary/aromatic N) is 1. The maximum absolute atomic E-state index is 12.7. The van der Waals surface area contributed by atoms with E-state index in [4.69, 9.17) is 5.73 Å². The van der Waals surface area contributed by atoms with Crippen LogP contribution in [0.5, 0.6) is 0 Å². The van der Waals surface area contributed by atoms with Crippen molar-refractivity contribution in [3.05, 3.63) is 35.4 Å². The zero-order valence-corrected chi connectivity index (χ0v) is 14.9. The third-order valence-electron chi connectivity index (χ3n) is 4.65. The van der Waals surface area contributed by atoms with Crippen LogP contribution in [0.2, 0.25) is 0 Å². The van der Waals surface area contributed by atoms with Gasteiger partial charge < -0.3 is 10.6 Å². The van der Waals surface area contributed by atoms with E-state index in [9.17, 15) is 4.79 Å². The molecule has 2 aliphatic rings. The first-order valence-electron chi connectivity index (χ1n) is 7.85. The molecule has 2 fully saturated rings. The summed E-state index contributed by atoms with van der Waals surface area (Å²) in [6.07, 6.45) is 0.881. The second-order valence-electron chi connectivity index (χ2n) is 6.81. The molecule has 1 atom stereocenters. The number of nitrogens with two attached hydrogens (primary N) is 1. The summed E-state index contributed by atoms with van der Waals surface area (Å²) in [5, 5.41) is 0. The molecule has 22 heavy (non-hydrogen) atoms. The lowest BCUT2D eigenvalue weighted by atomic mass is 9.79. The molecule has 1 aromatic carbocycles. The standard InChI is InChI=1S/C17H24N2OS2/c1-17(2)11-19(8-7-14(17)18)15(20)12-3-5-13(6-4-12)16-21-9-10-22-16/h3-6,14,16H,7-11,18H2,1-2H3. The van der Waals surface area contributed by atoms with E-state index >= 15 is 0 Å². The summed E-state index contributed by atoms with van der Waals surface area (Å²) in [6, 6.07) is 8.38. The molecule has 0 aliphatic carbocycles. The maximum Gasteiger partial charge on any atom is 0.253 e. The summed E-state index contributed by atoms with van der Waals surface area (Å²) in [5.41, 5.74) is 8.27. The Balaban J connectivity index is 1.69. The highest BCUT2D eigenvalue weighted by Gasteiger charge is 2.35. The van der Waals surface area contributed by atoms with E-state index in [2.05, 4.69) is 26.0 Å². The van der Waals surface area contributed by atoms with Crippen LogP contribution in [0.4, 0.5) is 0 Å². The van der Waals surface area contributed by atoms with Crippen LogP contribution in [-0.2, 0) is 0 Å². The number of amides is 1. The van der Waals surface area contributed by atoms with Gasteiger partial charge in [-0.05, 0) is 29.5 Å². The van der Waals surface area contributed by atoms with Gasteiger partial charge in [0.05, 0.1) is 4.58 Å². The van der Waals surface area contributed by atoms with Crippen molar-refractivity contribution in [2.45, 2.75) is 30.9 Å². The second kappa shape index (κ2) is 6.46. The lowest BCUT2D eigenvalue weighted by Crippen LogP contribution is -2.53. The van der Waals surface area contributed by atoms with Gasteiger partial charge >= 0.3 is 0 Å². The van der Waals surface area contributed by atoms with Gasteiger partial charge in [-0.1, -0.05) is 26.0 Å². The molecule has 2 N–H and O–H groups in total. The Morgan fingerprint density at radius 3 is 2.45 bits per heavy atom. The van der Waals surface area contributed by atoms with Gasteiger partial charge in [-0.3, -0.25) is 4.79 Å². The van der Waals surface area contributed by atoms with Gasteiger partial charge in [0.15, 0.2) is 0 Å². The molecule has 0 aromatic heterocycles. The SMILES string of the molecule is CC1(C)CN(C(=O)c2ccc(C3SCCS3)cc2)CCC1N. The Kier molecular flexibility index (Phi) is 4.76. The average molecular weight is 337 g/mol. The molecule has 1 unspecified atom stereocenters. The summed E-state index contributed by atoms with van der Waals surface area (Å²) in [6.45, 7) is 5.80. The minimum absolute atomic E-state index is 0.00895. The first-order valence-corrected chi connectivity index (χ1v) is 9.95. The fourth-order valence-corrected chi connectivity index (χ4v) is 5.92. The predicted molar refractivity (Wildman–Crippen MR) is 96.4 cm³/mol. The number of rotatable bonds is 2. The van der Waals surface area contributed by atoms with Crippen LogP contribution in [0.25, 0.3) is 0 Å². The lowest BCUT2D eigenvalue weighted by molar-refractivity contribution is 0.0533. The van der Waals surface area contributed by atoms with Crippen molar-refractivity contribution in [2.24, 2.45) is 11.1 Å². The predicted octanol–water partition coefficient (Wildman–Crippen LogP) is 3.36. The monoisotopic (exact) mass is 336 g/mol. The Morgan fingerprint density at radius 2 is 1.86 bits per heavy atom. The van der Waals surface area contributed by atoms with Crippen LogP contribution in [0.1, 0.15) is 40.8 Å². The zero-order valence-electron chi connectivity index (χ0n) is 13.2. The normalized spacial score (nSPS) is 25.4. The minimum atomic E-state index is -0.00895. The maximum atomic E-state index is 12.7. The molecule has 1 amide bonds. The molecule has 0 spiro atoms. The quantitative estimate of drug-likeness (QED) is 0.899. The summed E-state index contributed by atoms with van der Waals surface area (Å²) in [7, 11) is 0. The molecule has 3 rings (SSSR count). The third kappa shape index (κ3) is 3.31. The van der Waals surface area contributed by atoms with Crippen molar-refractivity contribution < 1.29 is 4.79 Å². The lowest BCUT2D eigenvalue weighted by Gasteiger charge is -2.42. The van der Waals surface area contributed by atoms with Crippen LogP contribution in [-0.4, -0.2) is 41.4 Å². The fraction of sp³-hybridized carbons (Fsp3) is 0.588. The summed E-state index contributed by atoms with van der Waals surface area (Å²) >= 11 is 3.98. The van der Waals surface area contributed by atoms with Crippen molar-refractivity contribution >= 4 is 29.4 Å². The van der Waals surface area contributed by atoms with Crippen LogP contribution in [0.3, 0.4) is 0 Å². The molecule has 0 saturated carbocycles. The van der Waals surface area contributed by atoms with Gasteiger partial charge in [-0.2, -0.15) is 0 Å². The van der Waals surface area contributed by atoms with Crippen LogP contribution < -0.4 is 5.73 Å². The van der Waals surface area contributed by atoms with E-state index in [0.717, 1.165) is 25.1 Å². The van der Waals surface area contributed by atoms with E-state index in [-0.39, 0.29) is 17.4 Å². The molecule has 120 valence electrons. The van der Waals surface area contributed by atoms with Gasteiger partial charge in [0.1, 0.15) is 0 Å².